The van der Waals surface area contributed by atoms with Gasteiger partial charge in [-0.25, -0.2) is 9.37 Å². The first-order valence-corrected chi connectivity index (χ1v) is 9.51. The number of ether oxygens (including phenoxy) is 1. The van der Waals surface area contributed by atoms with E-state index in [4.69, 9.17) is 9.15 Å². The Kier molecular flexibility index (Phi) is 5.12. The number of rotatable bonds is 6. The second kappa shape index (κ2) is 7.69. The van der Waals surface area contributed by atoms with Crippen LogP contribution in [-0.2, 0) is 12.8 Å². The van der Waals surface area contributed by atoms with Crippen molar-refractivity contribution in [2.45, 2.75) is 31.6 Å². The van der Waals surface area contributed by atoms with Crippen LogP contribution in [0.1, 0.15) is 35.4 Å². The van der Waals surface area contributed by atoms with Crippen molar-refractivity contribution in [1.29, 1.82) is 0 Å². The van der Waals surface area contributed by atoms with E-state index >= 15 is 0 Å². The molecule has 27 heavy (non-hydrogen) atoms. The van der Waals surface area contributed by atoms with E-state index in [0.29, 0.717) is 0 Å². The quantitative estimate of drug-likeness (QED) is 0.639. The average molecular weight is 368 g/mol. The zero-order valence-corrected chi connectivity index (χ0v) is 15.9. The van der Waals surface area contributed by atoms with Gasteiger partial charge in [0.15, 0.2) is 12.0 Å². The molecule has 0 bridgehead atoms. The molecule has 2 aromatic carbocycles. The number of oxazole rings is 1. The van der Waals surface area contributed by atoms with Gasteiger partial charge in [-0.1, -0.05) is 6.07 Å². The molecule has 1 atom stereocenters. The number of methoxy groups -OCH3 is 1. The SMILES string of the molecule is COc1ccc(F)c2c1CCC[C@H]2CN(C)CCc1ccc2ncoc2c1. The Morgan fingerprint density at radius 3 is 3.04 bits per heavy atom. The normalized spacial score (nSPS) is 16.7. The van der Waals surface area contributed by atoms with Gasteiger partial charge in [-0.05, 0) is 74.0 Å². The fourth-order valence-electron chi connectivity index (χ4n) is 4.20. The van der Waals surface area contributed by atoms with Crippen LogP contribution in [0.2, 0.25) is 0 Å². The van der Waals surface area contributed by atoms with Crippen molar-refractivity contribution in [3.8, 4) is 5.75 Å². The van der Waals surface area contributed by atoms with Crippen LogP contribution in [0.4, 0.5) is 4.39 Å². The summed E-state index contributed by atoms with van der Waals surface area (Å²) in [6.07, 6.45) is 5.39. The number of hydrogen-bond acceptors (Lipinski definition) is 4. The van der Waals surface area contributed by atoms with Crippen molar-refractivity contribution in [3.05, 3.63) is 59.2 Å². The third kappa shape index (κ3) is 3.69. The molecular weight excluding hydrogens is 343 g/mol. The van der Waals surface area contributed by atoms with Crippen LogP contribution in [0.3, 0.4) is 0 Å². The van der Waals surface area contributed by atoms with Crippen LogP contribution in [0, 0.1) is 5.82 Å². The van der Waals surface area contributed by atoms with E-state index in [9.17, 15) is 4.39 Å². The van der Waals surface area contributed by atoms with Gasteiger partial charge in [-0.3, -0.25) is 0 Å². The Morgan fingerprint density at radius 2 is 2.19 bits per heavy atom. The van der Waals surface area contributed by atoms with Gasteiger partial charge in [0.05, 0.1) is 7.11 Å². The third-order valence-corrected chi connectivity index (χ3v) is 5.58. The first-order valence-electron chi connectivity index (χ1n) is 9.51. The summed E-state index contributed by atoms with van der Waals surface area (Å²) in [5.41, 5.74) is 4.84. The van der Waals surface area contributed by atoms with Crippen LogP contribution < -0.4 is 4.74 Å². The first kappa shape index (κ1) is 18.0. The van der Waals surface area contributed by atoms with Crippen LogP contribution >= 0.6 is 0 Å². The second-order valence-corrected chi connectivity index (χ2v) is 7.40. The fraction of sp³-hybridized carbons (Fsp3) is 0.409. The molecule has 1 aliphatic rings. The van der Waals surface area contributed by atoms with Gasteiger partial charge in [-0.15, -0.1) is 0 Å². The smallest absolute Gasteiger partial charge is 0.181 e. The minimum absolute atomic E-state index is 0.0975. The number of likely N-dealkylation sites (N-methyl/N-ethyl adjacent to an activating group) is 1. The molecule has 0 fully saturated rings. The summed E-state index contributed by atoms with van der Waals surface area (Å²) in [6, 6.07) is 9.44. The summed E-state index contributed by atoms with van der Waals surface area (Å²) in [7, 11) is 3.77. The number of benzene rings is 2. The topological polar surface area (TPSA) is 38.5 Å². The number of halogens is 1. The Hall–Kier alpha value is -2.40. The van der Waals surface area contributed by atoms with Crippen LogP contribution in [0.25, 0.3) is 11.1 Å². The third-order valence-electron chi connectivity index (χ3n) is 5.58. The number of fused-ring (bicyclic) bond motifs is 2. The van der Waals surface area contributed by atoms with E-state index in [1.165, 1.54) is 12.0 Å². The molecular formula is C22H25FN2O2. The Labute approximate surface area is 159 Å². The summed E-state index contributed by atoms with van der Waals surface area (Å²) >= 11 is 0. The lowest BCUT2D eigenvalue weighted by Crippen LogP contribution is -2.29. The molecule has 0 aliphatic heterocycles. The molecule has 0 spiro atoms. The van der Waals surface area contributed by atoms with Gasteiger partial charge in [0.1, 0.15) is 17.1 Å². The summed E-state index contributed by atoms with van der Waals surface area (Å²) in [5, 5.41) is 0. The van der Waals surface area contributed by atoms with Crippen LogP contribution in [-0.4, -0.2) is 37.1 Å². The highest BCUT2D eigenvalue weighted by atomic mass is 19.1. The van der Waals surface area contributed by atoms with Crippen molar-refractivity contribution in [2.24, 2.45) is 0 Å². The maximum atomic E-state index is 14.6. The van der Waals surface area contributed by atoms with Crippen molar-refractivity contribution in [1.82, 2.24) is 9.88 Å². The molecule has 0 unspecified atom stereocenters. The lowest BCUT2D eigenvalue weighted by atomic mass is 9.81. The van der Waals surface area contributed by atoms with Crippen molar-refractivity contribution < 1.29 is 13.5 Å². The van der Waals surface area contributed by atoms with E-state index in [0.717, 1.165) is 66.7 Å². The predicted octanol–water partition coefficient (Wildman–Crippen LogP) is 4.57. The number of hydrogen-bond donors (Lipinski definition) is 0. The molecule has 0 radical (unpaired) electrons. The van der Waals surface area contributed by atoms with Gasteiger partial charge in [0, 0.05) is 18.7 Å². The summed E-state index contributed by atoms with van der Waals surface area (Å²) < 4.78 is 25.4. The molecule has 0 saturated heterocycles. The largest absolute Gasteiger partial charge is 0.496 e. The fourth-order valence-corrected chi connectivity index (χ4v) is 4.20. The van der Waals surface area contributed by atoms with E-state index in [2.05, 4.69) is 29.1 Å². The summed E-state index contributed by atoms with van der Waals surface area (Å²) in [6.45, 7) is 1.76. The van der Waals surface area contributed by atoms with Crippen molar-refractivity contribution >= 4 is 11.1 Å². The van der Waals surface area contributed by atoms with Crippen molar-refractivity contribution in [3.63, 3.8) is 0 Å². The van der Waals surface area contributed by atoms with E-state index in [1.807, 2.05) is 6.07 Å². The lowest BCUT2D eigenvalue weighted by molar-refractivity contribution is 0.295. The molecule has 0 amide bonds. The molecule has 4 rings (SSSR count). The standard InChI is InChI=1S/C22H25FN2O2/c1-25(11-10-15-6-8-19-21(12-15)27-14-24-19)13-16-4-3-5-17-20(26-2)9-7-18(23)22(16)17/h6-9,12,14,16H,3-5,10-11,13H2,1-2H3/t16-/m0/s1. The number of nitrogens with zero attached hydrogens (tertiary/aromatic N) is 2. The Bertz CT molecular complexity index is 937. The van der Waals surface area contributed by atoms with Crippen LogP contribution in [0.5, 0.6) is 5.75 Å². The highest BCUT2D eigenvalue weighted by Crippen LogP contribution is 2.38. The van der Waals surface area contributed by atoms with Gasteiger partial charge in [0.2, 0.25) is 0 Å². The van der Waals surface area contributed by atoms with Crippen molar-refractivity contribution in [2.75, 3.05) is 27.2 Å². The highest BCUT2D eigenvalue weighted by molar-refractivity contribution is 5.72. The lowest BCUT2D eigenvalue weighted by Gasteiger charge is -2.30. The van der Waals surface area contributed by atoms with E-state index in [-0.39, 0.29) is 11.7 Å². The van der Waals surface area contributed by atoms with E-state index in [1.54, 1.807) is 19.2 Å². The molecule has 5 heteroatoms. The van der Waals surface area contributed by atoms with Gasteiger partial charge < -0.3 is 14.1 Å². The molecule has 1 aromatic heterocycles. The van der Waals surface area contributed by atoms with Gasteiger partial charge in [-0.2, -0.15) is 0 Å². The summed E-state index contributed by atoms with van der Waals surface area (Å²) in [5.74, 6) is 0.935. The zero-order valence-electron chi connectivity index (χ0n) is 15.9. The Balaban J connectivity index is 1.43. The molecule has 3 aromatic rings. The average Bonchev–Trinajstić information content (AvgIpc) is 3.14. The Morgan fingerprint density at radius 1 is 1.30 bits per heavy atom. The van der Waals surface area contributed by atoms with Crippen LogP contribution in [0.15, 0.2) is 41.1 Å². The second-order valence-electron chi connectivity index (χ2n) is 7.40. The number of aromatic nitrogens is 1. The van der Waals surface area contributed by atoms with E-state index < -0.39 is 0 Å². The monoisotopic (exact) mass is 368 g/mol. The summed E-state index contributed by atoms with van der Waals surface area (Å²) in [4.78, 5) is 6.45. The van der Waals surface area contributed by atoms with Gasteiger partial charge >= 0.3 is 0 Å². The maximum Gasteiger partial charge on any atom is 0.181 e. The molecule has 1 aliphatic carbocycles. The minimum Gasteiger partial charge on any atom is -0.496 e. The molecule has 1 heterocycles. The maximum absolute atomic E-state index is 14.6. The first-order chi connectivity index (χ1) is 13.2. The zero-order chi connectivity index (χ0) is 18.8. The van der Waals surface area contributed by atoms with Gasteiger partial charge in [0.25, 0.3) is 0 Å². The molecule has 142 valence electrons. The molecule has 4 nitrogen and oxygen atoms in total. The minimum atomic E-state index is -0.0975. The predicted molar refractivity (Wildman–Crippen MR) is 104 cm³/mol. The highest BCUT2D eigenvalue weighted by Gasteiger charge is 2.27. The molecule has 0 saturated carbocycles. The molecule has 0 N–H and O–H groups in total.